The molecule has 6 heteroatoms. The number of hydrogen-bond acceptors (Lipinski definition) is 5. The van der Waals surface area contributed by atoms with Gasteiger partial charge in [-0.2, -0.15) is 0 Å². The van der Waals surface area contributed by atoms with Crippen LogP contribution in [0.25, 0.3) is 10.8 Å². The second-order valence-electron chi connectivity index (χ2n) is 10.5. The quantitative estimate of drug-likeness (QED) is 0.513. The van der Waals surface area contributed by atoms with Crippen LogP contribution in [0.15, 0.2) is 60.7 Å². The Morgan fingerprint density at radius 3 is 2.56 bits per heavy atom. The SMILES string of the molecule is COc1ccc2cc(C3(O)CCC(OCc4cccc(F)c4)CC3CN3CCN(C)CC3)ccc2c1. The molecule has 2 fully saturated rings. The van der Waals surface area contributed by atoms with Crippen molar-refractivity contribution in [2.45, 2.75) is 37.6 Å². The molecule has 0 spiro atoms. The van der Waals surface area contributed by atoms with Gasteiger partial charge in [-0.3, -0.25) is 0 Å². The normalized spacial score (nSPS) is 25.8. The summed E-state index contributed by atoms with van der Waals surface area (Å²) in [5.41, 5.74) is 0.898. The third-order valence-electron chi connectivity index (χ3n) is 8.07. The molecule has 1 heterocycles. The number of likely N-dealkylation sites (N-methyl/N-ethyl adjacent to an activating group) is 1. The zero-order valence-electron chi connectivity index (χ0n) is 21.3. The maximum atomic E-state index is 13.6. The van der Waals surface area contributed by atoms with E-state index in [1.165, 1.54) is 12.1 Å². The highest BCUT2D eigenvalue weighted by atomic mass is 19.1. The van der Waals surface area contributed by atoms with E-state index in [4.69, 9.17) is 9.47 Å². The van der Waals surface area contributed by atoms with Crippen LogP contribution in [0.5, 0.6) is 5.75 Å². The number of fused-ring (bicyclic) bond motifs is 1. The molecule has 5 rings (SSSR count). The Morgan fingerprint density at radius 1 is 1.00 bits per heavy atom. The molecule has 3 aromatic carbocycles. The van der Waals surface area contributed by atoms with Gasteiger partial charge in [0.15, 0.2) is 0 Å². The molecule has 0 bridgehead atoms. The van der Waals surface area contributed by atoms with Crippen molar-refractivity contribution < 1.29 is 19.0 Å². The minimum atomic E-state index is -0.920. The fourth-order valence-electron chi connectivity index (χ4n) is 5.78. The van der Waals surface area contributed by atoms with Gasteiger partial charge in [-0.25, -0.2) is 4.39 Å². The van der Waals surface area contributed by atoms with Crippen LogP contribution in [0, 0.1) is 11.7 Å². The van der Waals surface area contributed by atoms with Gasteiger partial charge in [0, 0.05) is 38.6 Å². The van der Waals surface area contributed by atoms with Gasteiger partial charge in [0.05, 0.1) is 25.4 Å². The van der Waals surface area contributed by atoms with Gasteiger partial charge < -0.3 is 24.4 Å². The summed E-state index contributed by atoms with van der Waals surface area (Å²) in [4.78, 5) is 4.84. The van der Waals surface area contributed by atoms with Gasteiger partial charge in [0.1, 0.15) is 11.6 Å². The summed E-state index contributed by atoms with van der Waals surface area (Å²) in [6, 6.07) is 19.0. The Labute approximate surface area is 213 Å². The first-order chi connectivity index (χ1) is 17.4. The number of methoxy groups -OCH3 is 1. The fourth-order valence-corrected chi connectivity index (χ4v) is 5.78. The number of piperazine rings is 1. The summed E-state index contributed by atoms with van der Waals surface area (Å²) in [5.74, 6) is 0.636. The van der Waals surface area contributed by atoms with Crippen LogP contribution in [0.1, 0.15) is 30.4 Å². The molecular weight excluding hydrogens is 455 g/mol. The zero-order valence-corrected chi connectivity index (χ0v) is 21.3. The first kappa shape index (κ1) is 25.2. The second-order valence-corrected chi connectivity index (χ2v) is 10.5. The maximum Gasteiger partial charge on any atom is 0.123 e. The molecule has 3 unspecified atom stereocenters. The summed E-state index contributed by atoms with van der Waals surface area (Å²) in [6.45, 7) is 5.33. The van der Waals surface area contributed by atoms with E-state index in [2.05, 4.69) is 41.1 Å². The van der Waals surface area contributed by atoms with Crippen molar-refractivity contribution in [2.24, 2.45) is 5.92 Å². The Balaban J connectivity index is 1.37. The monoisotopic (exact) mass is 492 g/mol. The molecule has 0 aromatic heterocycles. The molecular formula is C30H37FN2O3. The second kappa shape index (κ2) is 10.9. The van der Waals surface area contributed by atoms with Crippen LogP contribution in [-0.4, -0.2) is 67.9 Å². The van der Waals surface area contributed by atoms with E-state index in [-0.39, 0.29) is 17.8 Å². The lowest BCUT2D eigenvalue weighted by molar-refractivity contribution is -0.114. The minimum absolute atomic E-state index is 0.0377. The Bertz CT molecular complexity index is 1180. The predicted octanol–water partition coefficient (Wildman–Crippen LogP) is 4.81. The summed E-state index contributed by atoms with van der Waals surface area (Å²) in [5, 5.41) is 14.4. The highest BCUT2D eigenvalue weighted by Gasteiger charge is 2.44. The predicted molar refractivity (Wildman–Crippen MR) is 141 cm³/mol. The van der Waals surface area contributed by atoms with Crippen LogP contribution < -0.4 is 4.74 Å². The van der Waals surface area contributed by atoms with E-state index in [0.29, 0.717) is 13.0 Å². The molecule has 2 aliphatic rings. The first-order valence-electron chi connectivity index (χ1n) is 13.0. The van der Waals surface area contributed by atoms with E-state index in [0.717, 1.165) is 73.2 Å². The van der Waals surface area contributed by atoms with Gasteiger partial charge in [-0.05, 0) is 78.5 Å². The van der Waals surface area contributed by atoms with Crippen LogP contribution in [0.2, 0.25) is 0 Å². The van der Waals surface area contributed by atoms with Gasteiger partial charge in [0.2, 0.25) is 0 Å². The highest BCUT2D eigenvalue weighted by Crippen LogP contribution is 2.44. The standard InChI is InChI=1S/C30H37FN2O3/c1-32-12-14-33(15-13-32)20-26-19-29(36-21-22-4-3-5-27(31)16-22)10-11-30(26,34)25-8-6-24-18-28(35-2)9-7-23(24)17-25/h3-9,16-18,26,29,34H,10-15,19-21H2,1-2H3. The average Bonchev–Trinajstić information content (AvgIpc) is 2.90. The summed E-state index contributed by atoms with van der Waals surface area (Å²) < 4.78 is 25.3. The third kappa shape index (κ3) is 5.57. The van der Waals surface area contributed by atoms with Gasteiger partial charge >= 0.3 is 0 Å². The van der Waals surface area contributed by atoms with E-state index in [1.54, 1.807) is 13.2 Å². The molecule has 5 nitrogen and oxygen atoms in total. The molecule has 36 heavy (non-hydrogen) atoms. The van der Waals surface area contributed by atoms with Crippen molar-refractivity contribution in [1.29, 1.82) is 0 Å². The Hall–Kier alpha value is -2.51. The molecule has 1 saturated carbocycles. The van der Waals surface area contributed by atoms with Crippen molar-refractivity contribution in [2.75, 3.05) is 46.9 Å². The molecule has 1 N–H and O–H groups in total. The van der Waals surface area contributed by atoms with E-state index >= 15 is 0 Å². The molecule has 1 aliphatic heterocycles. The summed E-state index contributed by atoms with van der Waals surface area (Å²) in [6.07, 6.45) is 2.22. The van der Waals surface area contributed by atoms with Crippen molar-refractivity contribution in [1.82, 2.24) is 9.80 Å². The van der Waals surface area contributed by atoms with Gasteiger partial charge in [-0.15, -0.1) is 0 Å². The lowest BCUT2D eigenvalue weighted by Crippen LogP contribution is -2.52. The molecule has 1 aliphatic carbocycles. The highest BCUT2D eigenvalue weighted by molar-refractivity contribution is 5.84. The molecule has 0 amide bonds. The van der Waals surface area contributed by atoms with Crippen molar-refractivity contribution in [3.63, 3.8) is 0 Å². The molecule has 3 aromatic rings. The smallest absolute Gasteiger partial charge is 0.123 e. The Morgan fingerprint density at radius 2 is 1.78 bits per heavy atom. The number of halogens is 1. The number of benzene rings is 3. The molecule has 1 saturated heterocycles. The average molecular weight is 493 g/mol. The molecule has 3 atom stereocenters. The number of aliphatic hydroxyl groups is 1. The summed E-state index contributed by atoms with van der Waals surface area (Å²) >= 11 is 0. The maximum absolute atomic E-state index is 13.6. The van der Waals surface area contributed by atoms with Crippen molar-refractivity contribution in [3.8, 4) is 5.75 Å². The van der Waals surface area contributed by atoms with E-state index < -0.39 is 5.60 Å². The topological polar surface area (TPSA) is 45.2 Å². The van der Waals surface area contributed by atoms with Crippen LogP contribution in [-0.2, 0) is 16.9 Å². The van der Waals surface area contributed by atoms with Crippen LogP contribution >= 0.6 is 0 Å². The fraction of sp³-hybridized carbons (Fsp3) is 0.467. The largest absolute Gasteiger partial charge is 0.497 e. The van der Waals surface area contributed by atoms with Gasteiger partial charge in [-0.1, -0.05) is 30.3 Å². The minimum Gasteiger partial charge on any atom is -0.497 e. The van der Waals surface area contributed by atoms with Crippen molar-refractivity contribution >= 4 is 10.8 Å². The third-order valence-corrected chi connectivity index (χ3v) is 8.07. The Kier molecular flexibility index (Phi) is 7.58. The van der Waals surface area contributed by atoms with Crippen LogP contribution in [0.4, 0.5) is 4.39 Å². The number of rotatable bonds is 7. The lowest BCUT2D eigenvalue weighted by atomic mass is 9.70. The number of hydrogen-bond donors (Lipinski definition) is 1. The lowest BCUT2D eigenvalue weighted by Gasteiger charge is -2.46. The zero-order chi connectivity index (χ0) is 25.1. The molecule has 0 radical (unpaired) electrons. The van der Waals surface area contributed by atoms with Gasteiger partial charge in [0.25, 0.3) is 0 Å². The van der Waals surface area contributed by atoms with Crippen molar-refractivity contribution in [3.05, 3.63) is 77.6 Å². The number of ether oxygens (including phenoxy) is 2. The summed E-state index contributed by atoms with van der Waals surface area (Å²) in [7, 11) is 3.84. The van der Waals surface area contributed by atoms with E-state index in [9.17, 15) is 9.50 Å². The number of nitrogens with zero attached hydrogens (tertiary/aromatic N) is 2. The molecule has 192 valence electrons. The first-order valence-corrected chi connectivity index (χ1v) is 13.0. The van der Waals surface area contributed by atoms with Crippen LogP contribution in [0.3, 0.4) is 0 Å². The van der Waals surface area contributed by atoms with E-state index in [1.807, 2.05) is 18.2 Å².